The van der Waals surface area contributed by atoms with E-state index in [1.807, 2.05) is 12.1 Å². The SMILES string of the molecule is CCc1ccc(OCC(=O)NNC(=S)NC(=O)c2ccccc2Br)c(Br)c1. The summed E-state index contributed by atoms with van der Waals surface area (Å²) in [5.41, 5.74) is 6.42. The van der Waals surface area contributed by atoms with Crippen LogP contribution in [0, 0.1) is 0 Å². The van der Waals surface area contributed by atoms with Crippen LogP contribution in [0.5, 0.6) is 5.75 Å². The number of rotatable bonds is 5. The number of carbonyl (C=O) groups excluding carboxylic acids is 2. The van der Waals surface area contributed by atoms with Crippen molar-refractivity contribution in [3.05, 3.63) is 62.5 Å². The van der Waals surface area contributed by atoms with Crippen LogP contribution >= 0.6 is 44.1 Å². The second-order valence-corrected chi connectivity index (χ2v) is 7.46. The largest absolute Gasteiger partial charge is 0.483 e. The van der Waals surface area contributed by atoms with Crippen molar-refractivity contribution in [2.45, 2.75) is 13.3 Å². The molecule has 0 saturated heterocycles. The van der Waals surface area contributed by atoms with Crippen LogP contribution in [0.25, 0.3) is 0 Å². The first-order chi connectivity index (χ1) is 12.9. The zero-order valence-electron chi connectivity index (χ0n) is 14.3. The fourth-order valence-electron chi connectivity index (χ4n) is 2.03. The monoisotopic (exact) mass is 513 g/mol. The summed E-state index contributed by atoms with van der Waals surface area (Å²) in [5.74, 6) is -0.281. The van der Waals surface area contributed by atoms with Gasteiger partial charge >= 0.3 is 0 Å². The van der Waals surface area contributed by atoms with Crippen molar-refractivity contribution >= 4 is 61.0 Å². The van der Waals surface area contributed by atoms with Crippen molar-refractivity contribution in [2.75, 3.05) is 6.61 Å². The molecule has 0 aliphatic rings. The van der Waals surface area contributed by atoms with Crippen molar-refractivity contribution in [1.29, 1.82) is 0 Å². The average Bonchev–Trinajstić information content (AvgIpc) is 2.65. The van der Waals surface area contributed by atoms with Crippen molar-refractivity contribution in [3.8, 4) is 5.75 Å². The van der Waals surface area contributed by atoms with E-state index in [0.29, 0.717) is 15.8 Å². The maximum atomic E-state index is 12.1. The smallest absolute Gasteiger partial charge is 0.276 e. The Hall–Kier alpha value is -1.97. The van der Waals surface area contributed by atoms with Crippen LogP contribution in [0.3, 0.4) is 0 Å². The van der Waals surface area contributed by atoms with Crippen LogP contribution in [-0.2, 0) is 11.2 Å². The fourth-order valence-corrected chi connectivity index (χ4v) is 3.18. The Kier molecular flexibility index (Phi) is 8.21. The molecule has 0 unspecified atom stereocenters. The highest BCUT2D eigenvalue weighted by molar-refractivity contribution is 9.10. The summed E-state index contributed by atoms with van der Waals surface area (Å²) in [7, 11) is 0. The van der Waals surface area contributed by atoms with Gasteiger partial charge in [-0.05, 0) is 80.3 Å². The second-order valence-electron chi connectivity index (χ2n) is 5.34. The molecular formula is C18H17Br2N3O3S. The predicted molar refractivity (Wildman–Crippen MR) is 114 cm³/mol. The maximum absolute atomic E-state index is 12.1. The molecule has 0 spiro atoms. The van der Waals surface area contributed by atoms with Gasteiger partial charge in [0.2, 0.25) is 0 Å². The van der Waals surface area contributed by atoms with Crippen LogP contribution in [0.1, 0.15) is 22.8 Å². The van der Waals surface area contributed by atoms with Crippen LogP contribution < -0.4 is 20.9 Å². The highest BCUT2D eigenvalue weighted by Gasteiger charge is 2.11. The minimum atomic E-state index is -0.445. The first-order valence-electron chi connectivity index (χ1n) is 7.96. The fraction of sp³-hybridized carbons (Fsp3) is 0.167. The first-order valence-corrected chi connectivity index (χ1v) is 9.96. The molecule has 2 amide bonds. The number of aryl methyl sites for hydroxylation is 1. The summed E-state index contributed by atoms with van der Waals surface area (Å²) >= 11 is 11.7. The molecule has 2 aromatic carbocycles. The third kappa shape index (κ3) is 6.60. The molecule has 0 atom stereocenters. The van der Waals surface area contributed by atoms with Crippen molar-refractivity contribution in [2.24, 2.45) is 0 Å². The summed E-state index contributed by atoms with van der Waals surface area (Å²) in [6.07, 6.45) is 0.909. The summed E-state index contributed by atoms with van der Waals surface area (Å²) in [6, 6.07) is 12.6. The predicted octanol–water partition coefficient (Wildman–Crippen LogP) is 3.49. The van der Waals surface area contributed by atoms with E-state index in [9.17, 15) is 9.59 Å². The van der Waals surface area contributed by atoms with Crippen LogP contribution in [0.15, 0.2) is 51.4 Å². The van der Waals surface area contributed by atoms with Crippen LogP contribution in [0.2, 0.25) is 0 Å². The summed E-state index contributed by atoms with van der Waals surface area (Å²) in [6.45, 7) is 1.84. The minimum Gasteiger partial charge on any atom is -0.483 e. The number of ether oxygens (including phenoxy) is 1. The number of hydrazine groups is 1. The van der Waals surface area contributed by atoms with E-state index in [-0.39, 0.29) is 11.7 Å². The van der Waals surface area contributed by atoms with Gasteiger partial charge in [-0.3, -0.25) is 25.8 Å². The van der Waals surface area contributed by atoms with E-state index in [1.54, 1.807) is 30.3 Å². The van der Waals surface area contributed by atoms with Gasteiger partial charge in [-0.25, -0.2) is 0 Å². The number of thiocarbonyl (C=S) groups is 1. The van der Waals surface area contributed by atoms with Crippen molar-refractivity contribution in [3.63, 3.8) is 0 Å². The molecule has 0 aliphatic carbocycles. The number of hydrogen-bond acceptors (Lipinski definition) is 4. The third-order valence-corrected chi connectivity index (χ3v) is 4.94. The minimum absolute atomic E-state index is 0.0300. The molecule has 3 N–H and O–H groups in total. The molecule has 27 heavy (non-hydrogen) atoms. The number of amides is 2. The third-order valence-electron chi connectivity index (χ3n) is 3.42. The Morgan fingerprint density at radius 3 is 2.48 bits per heavy atom. The quantitative estimate of drug-likeness (QED) is 0.420. The first kappa shape index (κ1) is 21.3. The van der Waals surface area contributed by atoms with Gasteiger partial charge in [0.15, 0.2) is 11.7 Å². The number of benzene rings is 2. The zero-order valence-corrected chi connectivity index (χ0v) is 18.3. The molecule has 0 aliphatic heterocycles. The lowest BCUT2D eigenvalue weighted by molar-refractivity contribution is -0.123. The van der Waals surface area contributed by atoms with Gasteiger partial charge in [0, 0.05) is 4.47 Å². The second kappa shape index (κ2) is 10.4. The molecule has 2 aromatic rings. The van der Waals surface area contributed by atoms with Crippen LogP contribution in [0.4, 0.5) is 0 Å². The van der Waals surface area contributed by atoms with E-state index in [1.165, 1.54) is 0 Å². The number of halogens is 2. The number of carbonyl (C=O) groups is 2. The molecule has 0 radical (unpaired) electrons. The Morgan fingerprint density at radius 1 is 1.07 bits per heavy atom. The van der Waals surface area contributed by atoms with E-state index in [2.05, 4.69) is 55.0 Å². The van der Waals surface area contributed by atoms with Crippen LogP contribution in [-0.4, -0.2) is 23.5 Å². The average molecular weight is 515 g/mol. The van der Waals surface area contributed by atoms with Crippen molar-refractivity contribution in [1.82, 2.24) is 16.2 Å². The van der Waals surface area contributed by atoms with E-state index in [0.717, 1.165) is 16.5 Å². The molecule has 0 heterocycles. The Balaban J connectivity index is 1.77. The van der Waals surface area contributed by atoms with Gasteiger partial charge in [-0.1, -0.05) is 25.1 Å². The number of nitrogens with one attached hydrogen (secondary N) is 3. The molecule has 142 valence electrons. The Morgan fingerprint density at radius 2 is 1.81 bits per heavy atom. The molecule has 6 nitrogen and oxygen atoms in total. The summed E-state index contributed by atoms with van der Waals surface area (Å²) in [4.78, 5) is 24.0. The Labute approximate surface area is 179 Å². The standard InChI is InChI=1S/C18H17Br2N3O3S/c1-2-11-7-8-15(14(20)9-11)26-10-16(24)22-23-18(27)21-17(25)12-5-3-4-6-13(12)19/h3-9H,2,10H2,1H3,(H,22,24)(H2,21,23,25,27). The lowest BCUT2D eigenvalue weighted by Gasteiger charge is -2.12. The molecule has 9 heteroatoms. The van der Waals surface area contributed by atoms with E-state index >= 15 is 0 Å². The van der Waals surface area contributed by atoms with E-state index < -0.39 is 11.8 Å². The van der Waals surface area contributed by atoms with Gasteiger partial charge in [-0.2, -0.15) is 0 Å². The molecular weight excluding hydrogens is 498 g/mol. The van der Waals surface area contributed by atoms with E-state index in [4.69, 9.17) is 17.0 Å². The molecule has 0 fully saturated rings. The molecule has 0 saturated carbocycles. The zero-order chi connectivity index (χ0) is 19.8. The number of hydrogen-bond donors (Lipinski definition) is 3. The Bertz CT molecular complexity index is 861. The van der Waals surface area contributed by atoms with Gasteiger partial charge in [0.1, 0.15) is 5.75 Å². The molecule has 0 aromatic heterocycles. The topological polar surface area (TPSA) is 79.5 Å². The summed E-state index contributed by atoms with van der Waals surface area (Å²) in [5, 5.41) is 2.45. The molecule has 0 bridgehead atoms. The van der Waals surface area contributed by atoms with Gasteiger partial charge in [0.25, 0.3) is 11.8 Å². The lowest BCUT2D eigenvalue weighted by atomic mass is 10.2. The normalized spacial score (nSPS) is 10.0. The molecule has 2 rings (SSSR count). The van der Waals surface area contributed by atoms with Crippen molar-refractivity contribution < 1.29 is 14.3 Å². The van der Waals surface area contributed by atoms with Gasteiger partial charge in [0.05, 0.1) is 10.0 Å². The highest BCUT2D eigenvalue weighted by atomic mass is 79.9. The lowest BCUT2D eigenvalue weighted by Crippen LogP contribution is -2.49. The maximum Gasteiger partial charge on any atom is 0.276 e. The van der Waals surface area contributed by atoms with Gasteiger partial charge < -0.3 is 4.74 Å². The highest BCUT2D eigenvalue weighted by Crippen LogP contribution is 2.26. The summed E-state index contributed by atoms with van der Waals surface area (Å²) < 4.78 is 6.88. The van der Waals surface area contributed by atoms with Gasteiger partial charge in [-0.15, -0.1) is 0 Å².